The van der Waals surface area contributed by atoms with Crippen LogP contribution in [-0.4, -0.2) is 38.4 Å². The molecule has 0 aromatic heterocycles. The van der Waals surface area contributed by atoms with Gasteiger partial charge in [0.15, 0.2) is 9.04 Å². The molecule has 2 unspecified atom stereocenters. The first kappa shape index (κ1) is 31.2. The molecule has 0 amide bonds. The van der Waals surface area contributed by atoms with Gasteiger partial charge < -0.3 is 9.53 Å². The molecule has 4 aliphatic rings. The van der Waals surface area contributed by atoms with Crippen molar-refractivity contribution in [2.45, 2.75) is 155 Å². The molecule has 4 rings (SSSR count). The Bertz CT molecular complexity index is 910. The number of Topliss-reactive ketones (excluding diaryl/α,β-unsaturated/α-hetero) is 2. The van der Waals surface area contributed by atoms with E-state index < -0.39 is 9.04 Å². The summed E-state index contributed by atoms with van der Waals surface area (Å²) in [7, 11) is -1.33. The van der Waals surface area contributed by atoms with Crippen LogP contribution >= 0.6 is 0 Å². The third-order valence-electron chi connectivity index (χ3n) is 10.9. The van der Waals surface area contributed by atoms with E-state index in [4.69, 9.17) is 4.43 Å². The molecule has 5 heteroatoms. The fourth-order valence-corrected chi connectivity index (χ4v) is 13.4. The topological polar surface area (TPSA) is 63.6 Å². The molecule has 6 atom stereocenters. The third-order valence-corrected chi connectivity index (χ3v) is 14.6. The molecule has 4 aliphatic carbocycles. The van der Waals surface area contributed by atoms with Gasteiger partial charge in [0.2, 0.25) is 0 Å². The standard InChI is InChI=1S/C34H58O4Si/c1-32(2,3)39(33(4,5)6)38-20-12-10-8-9-11-13-29(36)27-22-34(7)28(18-19-30(34)37)26-16-14-23-21-24(35)15-17-25(23)31(26)27/h23,26-29,36,39H,8-22H2,1-7H3/t23?,26-,27+,28-,29?,34-/m0/s1. The molecule has 3 fully saturated rings. The van der Waals surface area contributed by atoms with Crippen LogP contribution in [0.15, 0.2) is 11.1 Å². The lowest BCUT2D eigenvalue weighted by molar-refractivity contribution is -0.130. The predicted octanol–water partition coefficient (Wildman–Crippen LogP) is 8.11. The first-order valence-corrected chi connectivity index (χ1v) is 17.9. The highest BCUT2D eigenvalue weighted by atomic mass is 28.3. The summed E-state index contributed by atoms with van der Waals surface area (Å²) in [5.41, 5.74) is 2.76. The lowest BCUT2D eigenvalue weighted by Gasteiger charge is -2.52. The summed E-state index contributed by atoms with van der Waals surface area (Å²) in [4.78, 5) is 25.3. The number of aliphatic hydroxyl groups is 1. The van der Waals surface area contributed by atoms with Crippen LogP contribution in [-0.2, 0) is 14.0 Å². The number of rotatable bonds is 10. The van der Waals surface area contributed by atoms with E-state index in [0.717, 1.165) is 64.4 Å². The van der Waals surface area contributed by atoms with Crippen molar-refractivity contribution in [3.05, 3.63) is 11.1 Å². The van der Waals surface area contributed by atoms with E-state index in [1.54, 1.807) is 0 Å². The average molecular weight is 559 g/mol. The van der Waals surface area contributed by atoms with E-state index in [1.165, 1.54) is 24.0 Å². The third kappa shape index (κ3) is 6.83. The Morgan fingerprint density at radius 3 is 2.28 bits per heavy atom. The maximum atomic E-state index is 13.1. The summed E-state index contributed by atoms with van der Waals surface area (Å²) in [6.45, 7) is 17.1. The molecule has 0 radical (unpaired) electrons. The van der Waals surface area contributed by atoms with E-state index >= 15 is 0 Å². The lowest BCUT2D eigenvalue weighted by Crippen LogP contribution is -2.48. The Labute approximate surface area is 240 Å². The zero-order valence-electron chi connectivity index (χ0n) is 26.2. The fraction of sp³-hybridized carbons (Fsp3) is 0.882. The Morgan fingerprint density at radius 1 is 0.923 bits per heavy atom. The van der Waals surface area contributed by atoms with Crippen LogP contribution in [0.5, 0.6) is 0 Å². The van der Waals surface area contributed by atoms with Crippen molar-refractivity contribution in [1.29, 1.82) is 0 Å². The van der Waals surface area contributed by atoms with Gasteiger partial charge in [0, 0.05) is 37.2 Å². The maximum absolute atomic E-state index is 13.1. The largest absolute Gasteiger partial charge is 0.419 e. The highest BCUT2D eigenvalue weighted by Gasteiger charge is 2.57. The van der Waals surface area contributed by atoms with Gasteiger partial charge in [-0.05, 0) is 72.8 Å². The van der Waals surface area contributed by atoms with Crippen molar-refractivity contribution in [2.24, 2.45) is 29.1 Å². The lowest BCUT2D eigenvalue weighted by atomic mass is 9.52. The number of hydrogen-bond donors (Lipinski definition) is 1. The van der Waals surface area contributed by atoms with Gasteiger partial charge in [-0.15, -0.1) is 0 Å². The number of hydrogen-bond acceptors (Lipinski definition) is 4. The molecular formula is C34H58O4Si. The minimum absolute atomic E-state index is 0.106. The SMILES string of the molecule is CC(C)(C)[SiH](OCCCCCCCC(O)[C@H]1C[C@]2(C)C(=O)CC[C@H]2[C@@H]2CCC3CC(=O)CCC3=C21)C(C)(C)C. The van der Waals surface area contributed by atoms with Crippen molar-refractivity contribution in [3.8, 4) is 0 Å². The van der Waals surface area contributed by atoms with Crippen LogP contribution in [0.25, 0.3) is 0 Å². The van der Waals surface area contributed by atoms with E-state index in [1.807, 2.05) is 0 Å². The number of ketones is 2. The predicted molar refractivity (Wildman–Crippen MR) is 162 cm³/mol. The highest BCUT2D eigenvalue weighted by molar-refractivity contribution is 6.58. The molecular weight excluding hydrogens is 500 g/mol. The van der Waals surface area contributed by atoms with Gasteiger partial charge >= 0.3 is 0 Å². The van der Waals surface area contributed by atoms with Crippen LogP contribution < -0.4 is 0 Å². The number of fused-ring (bicyclic) bond motifs is 4. The Balaban J connectivity index is 1.30. The molecule has 39 heavy (non-hydrogen) atoms. The van der Waals surface area contributed by atoms with Gasteiger partial charge in [0.05, 0.1) is 6.10 Å². The molecule has 0 saturated heterocycles. The van der Waals surface area contributed by atoms with Crippen molar-refractivity contribution in [1.82, 2.24) is 0 Å². The Hall–Kier alpha value is -0.783. The summed E-state index contributed by atoms with van der Waals surface area (Å²) in [5, 5.41) is 12.1. The summed E-state index contributed by atoms with van der Waals surface area (Å²) < 4.78 is 6.49. The number of carbonyl (C=O) groups is 2. The molecule has 4 nitrogen and oxygen atoms in total. The summed E-state index contributed by atoms with van der Waals surface area (Å²) in [6.07, 6.45) is 13.2. The molecule has 3 saturated carbocycles. The van der Waals surface area contributed by atoms with Crippen molar-refractivity contribution >= 4 is 20.6 Å². The van der Waals surface area contributed by atoms with E-state index in [9.17, 15) is 14.7 Å². The van der Waals surface area contributed by atoms with Gasteiger partial charge in [0.25, 0.3) is 0 Å². The first-order valence-electron chi connectivity index (χ1n) is 16.3. The second-order valence-electron chi connectivity index (χ2n) is 16.0. The molecule has 0 aliphatic heterocycles. The maximum Gasteiger partial charge on any atom is 0.187 e. The quantitative estimate of drug-likeness (QED) is 0.167. The van der Waals surface area contributed by atoms with Gasteiger partial charge in [-0.3, -0.25) is 9.59 Å². The minimum atomic E-state index is -1.33. The van der Waals surface area contributed by atoms with E-state index in [2.05, 4.69) is 48.5 Å². The van der Waals surface area contributed by atoms with Crippen molar-refractivity contribution < 1.29 is 19.1 Å². The van der Waals surface area contributed by atoms with E-state index in [-0.39, 0.29) is 27.5 Å². The number of carbonyl (C=O) groups excluding carboxylic acids is 2. The van der Waals surface area contributed by atoms with Gasteiger partial charge in [-0.1, -0.05) is 85.3 Å². The zero-order chi connectivity index (χ0) is 28.6. The fourth-order valence-electron chi connectivity index (χ4n) is 9.45. The first-order chi connectivity index (χ1) is 18.2. The van der Waals surface area contributed by atoms with Crippen LogP contribution in [0.1, 0.15) is 138 Å². The van der Waals surface area contributed by atoms with Crippen molar-refractivity contribution in [2.75, 3.05) is 6.61 Å². The monoisotopic (exact) mass is 558 g/mol. The van der Waals surface area contributed by atoms with Gasteiger partial charge in [-0.2, -0.15) is 0 Å². The molecule has 0 heterocycles. The number of unbranched alkanes of at least 4 members (excludes halogenated alkanes) is 4. The summed E-state index contributed by atoms with van der Waals surface area (Å²) in [5.74, 6) is 2.24. The molecule has 0 spiro atoms. The Kier molecular flexibility index (Phi) is 9.76. The summed E-state index contributed by atoms with van der Waals surface area (Å²) in [6, 6.07) is 0. The second kappa shape index (κ2) is 12.2. The van der Waals surface area contributed by atoms with Gasteiger partial charge in [-0.25, -0.2) is 0 Å². The molecule has 0 aromatic rings. The zero-order valence-corrected chi connectivity index (χ0v) is 27.4. The number of aliphatic hydroxyl groups excluding tert-OH is 1. The van der Waals surface area contributed by atoms with Crippen LogP contribution in [0, 0.1) is 29.1 Å². The Morgan fingerprint density at radius 2 is 1.59 bits per heavy atom. The van der Waals surface area contributed by atoms with Crippen LogP contribution in [0.4, 0.5) is 0 Å². The highest BCUT2D eigenvalue weighted by Crippen LogP contribution is 2.61. The summed E-state index contributed by atoms with van der Waals surface area (Å²) >= 11 is 0. The molecule has 0 bridgehead atoms. The second-order valence-corrected chi connectivity index (χ2v) is 20.6. The molecule has 222 valence electrons. The van der Waals surface area contributed by atoms with Crippen LogP contribution in [0.3, 0.4) is 0 Å². The minimum Gasteiger partial charge on any atom is -0.419 e. The molecule has 1 N–H and O–H groups in total. The average Bonchev–Trinajstić information content (AvgIpc) is 3.14. The number of allylic oxidation sites excluding steroid dienone is 1. The van der Waals surface area contributed by atoms with E-state index in [0.29, 0.717) is 48.6 Å². The van der Waals surface area contributed by atoms with Gasteiger partial charge in [0.1, 0.15) is 11.6 Å². The normalized spacial score (nSPS) is 32.3. The smallest absolute Gasteiger partial charge is 0.187 e. The molecule has 0 aromatic carbocycles. The van der Waals surface area contributed by atoms with Crippen LogP contribution in [0.2, 0.25) is 10.1 Å². The van der Waals surface area contributed by atoms with Crippen molar-refractivity contribution in [3.63, 3.8) is 0 Å².